The van der Waals surface area contributed by atoms with Gasteiger partial charge >= 0.3 is 6.18 Å². The fraction of sp³-hybridized carbons (Fsp3) is 0.240. The number of rotatable bonds is 5. The highest BCUT2D eigenvalue weighted by Crippen LogP contribution is 2.36. The zero-order valence-corrected chi connectivity index (χ0v) is 17.2. The molecule has 0 spiro atoms. The maximum absolute atomic E-state index is 13.7. The molecule has 1 unspecified atom stereocenters. The third-order valence-electron chi connectivity index (χ3n) is 5.42. The van der Waals surface area contributed by atoms with Gasteiger partial charge in [0.1, 0.15) is 17.4 Å². The molecule has 1 atom stereocenters. The van der Waals surface area contributed by atoms with Crippen LogP contribution in [0.3, 0.4) is 0 Å². The highest BCUT2D eigenvalue weighted by Gasteiger charge is 2.31. The highest BCUT2D eigenvalue weighted by atomic mass is 19.4. The van der Waals surface area contributed by atoms with Gasteiger partial charge in [0, 0.05) is 17.7 Å². The molecule has 0 saturated carbocycles. The van der Waals surface area contributed by atoms with Gasteiger partial charge in [0.05, 0.1) is 6.54 Å². The number of alkyl halides is 3. The van der Waals surface area contributed by atoms with Crippen molar-refractivity contribution in [3.05, 3.63) is 89.0 Å². The van der Waals surface area contributed by atoms with Gasteiger partial charge in [-0.05, 0) is 64.6 Å². The zero-order chi connectivity index (χ0) is 22.9. The largest absolute Gasteiger partial charge is 0.484 e. The molecule has 0 bridgehead atoms. The fourth-order valence-corrected chi connectivity index (χ4v) is 4.08. The Bertz CT molecular complexity index is 1150. The summed E-state index contributed by atoms with van der Waals surface area (Å²) in [7, 11) is 0. The summed E-state index contributed by atoms with van der Waals surface area (Å²) in [5.74, 6) is -1.12. The Morgan fingerprint density at radius 3 is 2.38 bits per heavy atom. The molecule has 0 radical (unpaired) electrons. The number of ether oxygens (including phenoxy) is 1. The molecule has 4 rings (SSSR count). The van der Waals surface area contributed by atoms with Crippen molar-refractivity contribution in [1.29, 1.82) is 0 Å². The predicted octanol–water partition coefficient (Wildman–Crippen LogP) is 6.66. The van der Waals surface area contributed by atoms with E-state index in [9.17, 15) is 22.0 Å². The van der Waals surface area contributed by atoms with E-state index in [-0.39, 0.29) is 5.75 Å². The first-order valence-electron chi connectivity index (χ1n) is 10.0. The first-order valence-corrected chi connectivity index (χ1v) is 10.0. The number of fused-ring (bicyclic) bond motifs is 1. The number of nitrogens with zero attached hydrogens (tertiary/aromatic N) is 1. The summed E-state index contributed by atoms with van der Waals surface area (Å²) >= 11 is 0. The van der Waals surface area contributed by atoms with Crippen LogP contribution in [-0.4, -0.2) is 19.0 Å². The van der Waals surface area contributed by atoms with Crippen LogP contribution < -0.4 is 4.74 Å². The molecule has 0 N–H and O–H groups in total. The molecule has 0 fully saturated rings. The molecule has 1 aliphatic rings. The van der Waals surface area contributed by atoms with Crippen molar-refractivity contribution in [2.75, 3.05) is 6.61 Å². The maximum atomic E-state index is 13.7. The summed E-state index contributed by atoms with van der Waals surface area (Å²) < 4.78 is 69.5. The monoisotopic (exact) mass is 445 g/mol. The van der Waals surface area contributed by atoms with E-state index in [1.54, 1.807) is 18.2 Å². The van der Waals surface area contributed by atoms with E-state index in [0.29, 0.717) is 18.5 Å². The summed E-state index contributed by atoms with van der Waals surface area (Å²) in [4.78, 5) is 4.46. The normalized spacial score (nSPS) is 17.8. The third-order valence-corrected chi connectivity index (χ3v) is 5.42. The van der Waals surface area contributed by atoms with Gasteiger partial charge in [0.2, 0.25) is 0 Å². The second-order valence-electron chi connectivity index (χ2n) is 8.15. The Hall–Kier alpha value is -3.22. The second-order valence-corrected chi connectivity index (χ2v) is 8.15. The summed E-state index contributed by atoms with van der Waals surface area (Å²) in [6.07, 6.45) is -2.23. The second kappa shape index (κ2) is 8.37. The average molecular weight is 445 g/mol. The first-order chi connectivity index (χ1) is 15.1. The Labute approximate surface area is 182 Å². The molecule has 0 aromatic heterocycles. The summed E-state index contributed by atoms with van der Waals surface area (Å²) in [6, 6.07) is 15.7. The lowest BCUT2D eigenvalue weighted by Crippen LogP contribution is -2.31. The van der Waals surface area contributed by atoms with Gasteiger partial charge in [0.25, 0.3) is 0 Å². The van der Waals surface area contributed by atoms with Gasteiger partial charge in [-0.15, -0.1) is 0 Å². The van der Waals surface area contributed by atoms with E-state index in [2.05, 4.69) is 4.99 Å². The van der Waals surface area contributed by atoms with E-state index < -0.39 is 29.8 Å². The fourth-order valence-electron chi connectivity index (χ4n) is 4.08. The lowest BCUT2D eigenvalue weighted by Gasteiger charge is -2.31. The van der Waals surface area contributed by atoms with Crippen molar-refractivity contribution in [3.63, 3.8) is 0 Å². The van der Waals surface area contributed by atoms with Crippen LogP contribution in [0.1, 0.15) is 23.6 Å². The summed E-state index contributed by atoms with van der Waals surface area (Å²) in [5.41, 5.74) is 3.46. The number of halogens is 5. The van der Waals surface area contributed by atoms with Crippen molar-refractivity contribution in [3.8, 4) is 16.9 Å². The number of aliphatic imine (C=N–C) groups is 1. The van der Waals surface area contributed by atoms with Crippen molar-refractivity contribution in [2.24, 2.45) is 4.99 Å². The van der Waals surface area contributed by atoms with Crippen LogP contribution >= 0.6 is 0 Å². The maximum Gasteiger partial charge on any atom is 0.422 e. The van der Waals surface area contributed by atoms with Gasteiger partial charge in [-0.3, -0.25) is 4.99 Å². The molecular formula is C25H20F5NO. The lowest BCUT2D eigenvalue weighted by molar-refractivity contribution is -0.153. The van der Waals surface area contributed by atoms with Crippen LogP contribution in [0.5, 0.6) is 5.75 Å². The van der Waals surface area contributed by atoms with E-state index >= 15 is 0 Å². The molecule has 0 aliphatic carbocycles. The van der Waals surface area contributed by atoms with Gasteiger partial charge < -0.3 is 4.74 Å². The average Bonchev–Trinajstić information content (AvgIpc) is 2.71. The molecule has 7 heteroatoms. The van der Waals surface area contributed by atoms with Gasteiger partial charge in [-0.1, -0.05) is 31.2 Å². The minimum atomic E-state index is -4.41. The number of hydrogen-bond donors (Lipinski definition) is 0. The molecule has 1 aliphatic heterocycles. The summed E-state index contributed by atoms with van der Waals surface area (Å²) in [5, 5.41) is 0. The Morgan fingerprint density at radius 1 is 0.938 bits per heavy atom. The molecule has 166 valence electrons. The third kappa shape index (κ3) is 4.98. The lowest BCUT2D eigenvalue weighted by atomic mass is 9.74. The molecular weight excluding hydrogens is 425 g/mol. The standard InChI is InChI=1S/C25H20F5NO/c1-24(12-16-7-20(26)11-21(27)8-16)14-31-13-19-9-18(5-6-23(19)24)17-3-2-4-22(10-17)32-15-25(28,29)30/h2-11,14H,12-13,15H2,1H3. The van der Waals surface area contributed by atoms with E-state index in [1.807, 2.05) is 31.3 Å². The van der Waals surface area contributed by atoms with Crippen LogP contribution in [-0.2, 0) is 18.4 Å². The van der Waals surface area contributed by atoms with Crippen molar-refractivity contribution in [2.45, 2.75) is 31.5 Å². The number of benzene rings is 3. The molecule has 0 saturated heterocycles. The molecule has 32 heavy (non-hydrogen) atoms. The van der Waals surface area contributed by atoms with Crippen LogP contribution in [0.2, 0.25) is 0 Å². The van der Waals surface area contributed by atoms with Crippen molar-refractivity contribution >= 4 is 6.21 Å². The van der Waals surface area contributed by atoms with Crippen LogP contribution in [0.25, 0.3) is 11.1 Å². The predicted molar refractivity (Wildman–Crippen MR) is 113 cm³/mol. The van der Waals surface area contributed by atoms with Crippen LogP contribution in [0.15, 0.2) is 65.7 Å². The molecule has 3 aromatic carbocycles. The Kier molecular flexibility index (Phi) is 5.75. The van der Waals surface area contributed by atoms with E-state index in [1.165, 1.54) is 18.2 Å². The molecule has 0 amide bonds. The minimum Gasteiger partial charge on any atom is -0.484 e. The minimum absolute atomic E-state index is 0.133. The first kappa shape index (κ1) is 22.0. The van der Waals surface area contributed by atoms with Gasteiger partial charge in [-0.25, -0.2) is 8.78 Å². The van der Waals surface area contributed by atoms with Gasteiger partial charge in [0.15, 0.2) is 6.61 Å². The Balaban J connectivity index is 1.62. The Morgan fingerprint density at radius 2 is 1.66 bits per heavy atom. The van der Waals surface area contributed by atoms with Crippen LogP contribution in [0.4, 0.5) is 22.0 Å². The molecule has 1 heterocycles. The smallest absolute Gasteiger partial charge is 0.422 e. The summed E-state index contributed by atoms with van der Waals surface area (Å²) in [6.45, 7) is 1.05. The van der Waals surface area contributed by atoms with E-state index in [4.69, 9.17) is 4.74 Å². The van der Waals surface area contributed by atoms with Crippen LogP contribution in [0, 0.1) is 11.6 Å². The SMILES string of the molecule is CC1(Cc2cc(F)cc(F)c2)C=NCc2cc(-c3cccc(OCC(F)(F)F)c3)ccc21. The number of hydrogen-bond acceptors (Lipinski definition) is 2. The topological polar surface area (TPSA) is 21.6 Å². The molecule has 3 aromatic rings. The van der Waals surface area contributed by atoms with Crippen molar-refractivity contribution in [1.82, 2.24) is 0 Å². The quantitative estimate of drug-likeness (QED) is 0.403. The van der Waals surface area contributed by atoms with Crippen molar-refractivity contribution < 1.29 is 26.7 Å². The zero-order valence-electron chi connectivity index (χ0n) is 17.2. The van der Waals surface area contributed by atoms with Gasteiger partial charge in [-0.2, -0.15) is 13.2 Å². The highest BCUT2D eigenvalue weighted by molar-refractivity contribution is 5.78. The molecule has 2 nitrogen and oxygen atoms in total. The van der Waals surface area contributed by atoms with E-state index in [0.717, 1.165) is 28.3 Å².